The zero-order chi connectivity index (χ0) is 23.8. The first kappa shape index (κ1) is 22.9. The van der Waals surface area contributed by atoms with E-state index in [0.717, 1.165) is 49.7 Å². The van der Waals surface area contributed by atoms with Crippen molar-refractivity contribution in [3.05, 3.63) is 88.9 Å². The summed E-state index contributed by atoms with van der Waals surface area (Å²) in [6.45, 7) is 0.413. The van der Waals surface area contributed by atoms with Gasteiger partial charge < -0.3 is 5.32 Å². The number of halogens is 1. The lowest BCUT2D eigenvalue weighted by molar-refractivity contribution is -0.121. The lowest BCUT2D eigenvalue weighted by atomic mass is 9.78. The van der Waals surface area contributed by atoms with Gasteiger partial charge in [-0.2, -0.15) is 0 Å². The van der Waals surface area contributed by atoms with Crippen LogP contribution in [0.1, 0.15) is 43.2 Å². The lowest BCUT2D eigenvalue weighted by Gasteiger charge is -2.32. The van der Waals surface area contributed by atoms with Gasteiger partial charge >= 0.3 is 0 Å². The Labute approximate surface area is 205 Å². The summed E-state index contributed by atoms with van der Waals surface area (Å²) in [4.78, 5) is 13.9. The first-order chi connectivity index (χ1) is 16.4. The van der Waals surface area contributed by atoms with Gasteiger partial charge in [0.1, 0.15) is 0 Å². The summed E-state index contributed by atoms with van der Waals surface area (Å²) in [5.41, 5.74) is 2.59. The van der Waals surface area contributed by atoms with Crippen LogP contribution in [0, 0.1) is 0 Å². The first-order valence-electron chi connectivity index (χ1n) is 11.7. The highest BCUT2D eigenvalue weighted by molar-refractivity contribution is 7.92. The summed E-state index contributed by atoms with van der Waals surface area (Å²) >= 11 is 6.08. The highest BCUT2D eigenvalue weighted by atomic mass is 35.5. The molecule has 0 aromatic heterocycles. The van der Waals surface area contributed by atoms with E-state index >= 15 is 0 Å². The van der Waals surface area contributed by atoms with Gasteiger partial charge in [-0.05, 0) is 73.2 Å². The van der Waals surface area contributed by atoms with Gasteiger partial charge in [0.25, 0.3) is 10.0 Å². The van der Waals surface area contributed by atoms with E-state index in [2.05, 4.69) is 5.32 Å². The van der Waals surface area contributed by atoms with Crippen LogP contribution in [-0.2, 0) is 26.7 Å². The fraction of sp³-hybridized carbons (Fsp3) is 0.296. The zero-order valence-electron chi connectivity index (χ0n) is 18.8. The number of amides is 1. The number of hydrogen-bond donors (Lipinski definition) is 1. The molecule has 1 amide bonds. The summed E-state index contributed by atoms with van der Waals surface area (Å²) in [5.74, 6) is -0.0550. The predicted molar refractivity (Wildman–Crippen MR) is 136 cm³/mol. The predicted octanol–water partition coefficient (Wildman–Crippen LogP) is 5.93. The molecular formula is C27H27ClN2O3S. The van der Waals surface area contributed by atoms with Crippen LogP contribution in [0.25, 0.3) is 0 Å². The number of rotatable bonds is 5. The molecule has 0 bridgehead atoms. The Kier molecular flexibility index (Phi) is 6.13. The molecule has 5 nitrogen and oxygen atoms in total. The molecule has 34 heavy (non-hydrogen) atoms. The van der Waals surface area contributed by atoms with Crippen molar-refractivity contribution in [3.8, 4) is 0 Å². The third-order valence-corrected chi connectivity index (χ3v) is 9.12. The minimum absolute atomic E-state index is 0.0550. The van der Waals surface area contributed by atoms with Crippen molar-refractivity contribution in [2.45, 2.75) is 48.8 Å². The average Bonchev–Trinajstić information content (AvgIpc) is 3.36. The van der Waals surface area contributed by atoms with Gasteiger partial charge in [-0.1, -0.05) is 60.8 Å². The molecule has 5 rings (SSSR count). The van der Waals surface area contributed by atoms with Crippen molar-refractivity contribution in [2.75, 3.05) is 16.2 Å². The monoisotopic (exact) mass is 494 g/mol. The van der Waals surface area contributed by atoms with Gasteiger partial charge in [-0.25, -0.2) is 8.42 Å². The molecule has 1 N–H and O–H groups in total. The molecule has 0 unspecified atom stereocenters. The topological polar surface area (TPSA) is 66.5 Å². The Morgan fingerprint density at radius 1 is 0.912 bits per heavy atom. The van der Waals surface area contributed by atoms with Crippen LogP contribution in [0.3, 0.4) is 0 Å². The van der Waals surface area contributed by atoms with Crippen LogP contribution < -0.4 is 9.62 Å². The Hall–Kier alpha value is -2.83. The van der Waals surface area contributed by atoms with Crippen LogP contribution in [0.15, 0.2) is 77.7 Å². The van der Waals surface area contributed by atoms with Gasteiger partial charge in [0.05, 0.1) is 16.0 Å². The molecule has 1 fully saturated rings. The van der Waals surface area contributed by atoms with E-state index in [4.69, 9.17) is 11.6 Å². The molecule has 1 saturated carbocycles. The van der Waals surface area contributed by atoms with Crippen LogP contribution in [0.4, 0.5) is 11.4 Å². The van der Waals surface area contributed by atoms with E-state index in [9.17, 15) is 13.2 Å². The highest BCUT2D eigenvalue weighted by Crippen LogP contribution is 2.43. The van der Waals surface area contributed by atoms with Gasteiger partial charge in [0, 0.05) is 17.3 Å². The second-order valence-electron chi connectivity index (χ2n) is 9.09. The van der Waals surface area contributed by atoms with Crippen molar-refractivity contribution in [1.29, 1.82) is 0 Å². The molecule has 176 valence electrons. The van der Waals surface area contributed by atoms with E-state index in [1.807, 2.05) is 36.4 Å². The number of sulfonamides is 1. The maximum absolute atomic E-state index is 13.6. The zero-order valence-corrected chi connectivity index (χ0v) is 20.4. The number of carbonyl (C=O) groups excluding carboxylic acids is 1. The summed E-state index contributed by atoms with van der Waals surface area (Å²) in [7, 11) is -3.69. The van der Waals surface area contributed by atoms with E-state index in [1.165, 1.54) is 4.31 Å². The van der Waals surface area contributed by atoms with E-state index in [1.54, 1.807) is 36.4 Å². The maximum atomic E-state index is 13.6. The van der Waals surface area contributed by atoms with Crippen molar-refractivity contribution in [2.24, 2.45) is 0 Å². The Balaban J connectivity index is 1.47. The van der Waals surface area contributed by atoms with E-state index in [0.29, 0.717) is 22.9 Å². The number of anilines is 2. The summed E-state index contributed by atoms with van der Waals surface area (Å²) in [5, 5.41) is 3.75. The standard InChI is InChI=1S/C27H27ClN2O3S/c28-22-13-11-21(12-14-22)27(16-4-5-17-27)26(31)29-23-15-10-20-7-6-18-30(25(20)19-23)34(32,33)24-8-2-1-3-9-24/h1-3,8-15,19H,4-7,16-18H2,(H,29,31). The number of nitrogens with zero attached hydrogens (tertiary/aromatic N) is 1. The summed E-state index contributed by atoms with van der Waals surface area (Å²) in [6.07, 6.45) is 5.09. The molecule has 3 aromatic carbocycles. The van der Waals surface area contributed by atoms with Crippen molar-refractivity contribution < 1.29 is 13.2 Å². The number of fused-ring (bicyclic) bond motifs is 1. The Morgan fingerprint density at radius 2 is 1.62 bits per heavy atom. The third-order valence-electron chi connectivity index (χ3n) is 7.04. The molecular weight excluding hydrogens is 468 g/mol. The van der Waals surface area contributed by atoms with Crippen LogP contribution >= 0.6 is 11.6 Å². The molecule has 0 spiro atoms. The van der Waals surface area contributed by atoms with Crippen molar-refractivity contribution >= 4 is 38.9 Å². The van der Waals surface area contributed by atoms with Gasteiger partial charge in [-0.3, -0.25) is 9.10 Å². The fourth-order valence-corrected chi connectivity index (χ4v) is 6.91. The summed E-state index contributed by atoms with van der Waals surface area (Å²) < 4.78 is 28.2. The third kappa shape index (κ3) is 4.10. The first-order valence-corrected chi connectivity index (χ1v) is 13.5. The minimum atomic E-state index is -3.69. The molecule has 7 heteroatoms. The Morgan fingerprint density at radius 3 is 2.32 bits per heavy atom. The molecule has 1 heterocycles. The molecule has 1 aliphatic heterocycles. The van der Waals surface area contributed by atoms with Crippen LogP contribution in [0.5, 0.6) is 0 Å². The fourth-order valence-electron chi connectivity index (χ4n) is 5.23. The second kappa shape index (κ2) is 9.08. The smallest absolute Gasteiger partial charge is 0.264 e. The van der Waals surface area contributed by atoms with Crippen LogP contribution in [-0.4, -0.2) is 20.9 Å². The summed E-state index contributed by atoms with van der Waals surface area (Å²) in [6, 6.07) is 21.6. The normalized spacial score (nSPS) is 17.3. The largest absolute Gasteiger partial charge is 0.325 e. The number of hydrogen-bond acceptors (Lipinski definition) is 3. The van der Waals surface area contributed by atoms with E-state index in [-0.39, 0.29) is 10.8 Å². The molecule has 0 saturated heterocycles. The number of nitrogens with one attached hydrogen (secondary N) is 1. The second-order valence-corrected chi connectivity index (χ2v) is 11.4. The number of carbonyl (C=O) groups is 1. The molecule has 0 radical (unpaired) electrons. The molecule has 2 aliphatic rings. The van der Waals surface area contributed by atoms with E-state index < -0.39 is 15.4 Å². The van der Waals surface area contributed by atoms with Crippen LogP contribution in [0.2, 0.25) is 5.02 Å². The molecule has 1 aliphatic carbocycles. The average molecular weight is 495 g/mol. The number of benzene rings is 3. The quantitative estimate of drug-likeness (QED) is 0.478. The highest BCUT2D eigenvalue weighted by Gasteiger charge is 2.42. The molecule has 0 atom stereocenters. The van der Waals surface area contributed by atoms with Gasteiger partial charge in [0.2, 0.25) is 5.91 Å². The SMILES string of the molecule is O=C(Nc1ccc2c(c1)N(S(=O)(=O)c1ccccc1)CCC2)C1(c2ccc(Cl)cc2)CCCC1. The van der Waals surface area contributed by atoms with Crippen molar-refractivity contribution in [1.82, 2.24) is 0 Å². The minimum Gasteiger partial charge on any atom is -0.325 e. The Bertz CT molecular complexity index is 1300. The van der Waals surface area contributed by atoms with Gasteiger partial charge in [0.15, 0.2) is 0 Å². The van der Waals surface area contributed by atoms with Gasteiger partial charge in [-0.15, -0.1) is 0 Å². The molecule has 3 aromatic rings. The van der Waals surface area contributed by atoms with Crippen molar-refractivity contribution in [3.63, 3.8) is 0 Å². The maximum Gasteiger partial charge on any atom is 0.264 e. The number of aryl methyl sites for hydroxylation is 1. The lowest BCUT2D eigenvalue weighted by Crippen LogP contribution is -2.38.